The number of hydrogen-bond donors (Lipinski definition) is 1. The first-order chi connectivity index (χ1) is 15.2. The summed E-state index contributed by atoms with van der Waals surface area (Å²) in [6, 6.07) is 17.2. The highest BCUT2D eigenvalue weighted by molar-refractivity contribution is 7.92. The van der Waals surface area contributed by atoms with Crippen molar-refractivity contribution in [3.63, 3.8) is 0 Å². The fourth-order valence-corrected chi connectivity index (χ4v) is 4.37. The van der Waals surface area contributed by atoms with Gasteiger partial charge in [0.15, 0.2) is 5.58 Å². The molecule has 0 aliphatic carbocycles. The summed E-state index contributed by atoms with van der Waals surface area (Å²) in [5.41, 5.74) is 1.99. The first-order valence-electron chi connectivity index (χ1n) is 9.47. The third-order valence-electron chi connectivity index (χ3n) is 4.84. The number of halogens is 2. The molecule has 1 aromatic heterocycles. The van der Waals surface area contributed by atoms with Crippen LogP contribution < -0.4 is 15.2 Å². The maximum atomic E-state index is 12.9. The Morgan fingerprint density at radius 2 is 1.81 bits per heavy atom. The quantitative estimate of drug-likeness (QED) is 0.448. The Balaban J connectivity index is 1.67. The third-order valence-corrected chi connectivity index (χ3v) is 6.22. The monoisotopic (exact) mass is 460 g/mol. The van der Waals surface area contributed by atoms with Gasteiger partial charge in [-0.15, -0.1) is 0 Å². The van der Waals surface area contributed by atoms with E-state index >= 15 is 0 Å². The molecular formula is C22H18F2N2O5S. The maximum absolute atomic E-state index is 12.9. The smallest absolute Gasteiger partial charge is 0.419 e. The second-order valence-electron chi connectivity index (χ2n) is 7.03. The SMILES string of the molecule is Cn1c(=O)oc2cc(S(=O)(=O)Nc3ccc(OC(F)F)c(Cc4ccccc4)c3)ccc21. The zero-order valence-electron chi connectivity index (χ0n) is 16.8. The van der Waals surface area contributed by atoms with E-state index < -0.39 is 22.4 Å². The topological polar surface area (TPSA) is 90.5 Å². The summed E-state index contributed by atoms with van der Waals surface area (Å²) >= 11 is 0. The van der Waals surface area contributed by atoms with Gasteiger partial charge >= 0.3 is 12.4 Å². The number of aromatic nitrogens is 1. The van der Waals surface area contributed by atoms with Crippen molar-refractivity contribution in [2.45, 2.75) is 17.9 Å². The minimum Gasteiger partial charge on any atom is -0.435 e. The highest BCUT2D eigenvalue weighted by atomic mass is 32.2. The van der Waals surface area contributed by atoms with E-state index in [1.807, 2.05) is 30.3 Å². The Morgan fingerprint density at radius 1 is 1.06 bits per heavy atom. The largest absolute Gasteiger partial charge is 0.435 e. The van der Waals surface area contributed by atoms with Crippen molar-refractivity contribution in [2.24, 2.45) is 7.05 Å². The van der Waals surface area contributed by atoms with E-state index in [1.54, 1.807) is 0 Å². The van der Waals surface area contributed by atoms with Crippen LogP contribution in [0.15, 0.2) is 80.8 Å². The molecule has 0 aliphatic heterocycles. The lowest BCUT2D eigenvalue weighted by molar-refractivity contribution is -0.0503. The summed E-state index contributed by atoms with van der Waals surface area (Å²) in [5.74, 6) is -0.651. The molecule has 4 aromatic rings. The highest BCUT2D eigenvalue weighted by Gasteiger charge is 2.19. The third kappa shape index (κ3) is 4.50. The van der Waals surface area contributed by atoms with Crippen LogP contribution in [-0.4, -0.2) is 19.6 Å². The first-order valence-corrected chi connectivity index (χ1v) is 11.0. The summed E-state index contributed by atoms with van der Waals surface area (Å²) < 4.78 is 64.7. The molecule has 0 radical (unpaired) electrons. The van der Waals surface area contributed by atoms with Crippen LogP contribution in [0.4, 0.5) is 14.5 Å². The van der Waals surface area contributed by atoms with Gasteiger partial charge in [-0.25, -0.2) is 13.2 Å². The molecule has 3 aromatic carbocycles. The van der Waals surface area contributed by atoms with E-state index in [0.29, 0.717) is 11.1 Å². The van der Waals surface area contributed by atoms with Crippen molar-refractivity contribution in [1.82, 2.24) is 4.57 Å². The molecule has 32 heavy (non-hydrogen) atoms. The van der Waals surface area contributed by atoms with Crippen LogP contribution in [-0.2, 0) is 23.5 Å². The van der Waals surface area contributed by atoms with E-state index in [2.05, 4.69) is 9.46 Å². The van der Waals surface area contributed by atoms with Gasteiger partial charge in [0, 0.05) is 30.8 Å². The summed E-state index contributed by atoms with van der Waals surface area (Å²) in [6.07, 6.45) is 0.263. The van der Waals surface area contributed by atoms with Gasteiger partial charge in [0.05, 0.1) is 10.4 Å². The lowest BCUT2D eigenvalue weighted by Gasteiger charge is -2.14. The van der Waals surface area contributed by atoms with Crippen LogP contribution in [0.1, 0.15) is 11.1 Å². The van der Waals surface area contributed by atoms with Gasteiger partial charge in [-0.1, -0.05) is 30.3 Å². The van der Waals surface area contributed by atoms with Crippen molar-refractivity contribution < 1.29 is 26.4 Å². The number of alkyl halides is 2. The van der Waals surface area contributed by atoms with Crippen LogP contribution in [0.5, 0.6) is 5.75 Å². The van der Waals surface area contributed by atoms with Crippen LogP contribution in [0.3, 0.4) is 0 Å². The summed E-state index contributed by atoms with van der Waals surface area (Å²) in [6.45, 7) is -3.01. The molecule has 10 heteroatoms. The molecular weight excluding hydrogens is 442 g/mol. The normalized spacial score (nSPS) is 11.8. The fraction of sp³-hybridized carbons (Fsp3) is 0.136. The van der Waals surface area contributed by atoms with Gasteiger partial charge in [0.2, 0.25) is 0 Å². The molecule has 0 spiro atoms. The molecule has 4 rings (SSSR count). The molecule has 0 saturated heterocycles. The highest BCUT2D eigenvalue weighted by Crippen LogP contribution is 2.28. The number of aryl methyl sites for hydroxylation is 1. The number of sulfonamides is 1. The Bertz CT molecular complexity index is 1430. The van der Waals surface area contributed by atoms with Crippen molar-refractivity contribution in [3.8, 4) is 5.75 Å². The molecule has 0 unspecified atom stereocenters. The number of nitrogens with one attached hydrogen (secondary N) is 1. The Hall–Kier alpha value is -3.66. The minimum atomic E-state index is -4.04. The molecule has 166 valence electrons. The van der Waals surface area contributed by atoms with Crippen LogP contribution >= 0.6 is 0 Å². The number of ether oxygens (including phenoxy) is 1. The average Bonchev–Trinajstić information content (AvgIpc) is 3.03. The van der Waals surface area contributed by atoms with E-state index in [4.69, 9.17) is 4.42 Å². The zero-order valence-corrected chi connectivity index (χ0v) is 17.6. The van der Waals surface area contributed by atoms with E-state index in [-0.39, 0.29) is 28.3 Å². The lowest BCUT2D eigenvalue weighted by atomic mass is 10.0. The number of rotatable bonds is 7. The Morgan fingerprint density at radius 3 is 2.53 bits per heavy atom. The predicted molar refractivity (Wildman–Crippen MR) is 115 cm³/mol. The van der Waals surface area contributed by atoms with Crippen molar-refractivity contribution in [1.29, 1.82) is 0 Å². The van der Waals surface area contributed by atoms with Crippen molar-refractivity contribution >= 4 is 26.8 Å². The Labute approximate surface area is 181 Å². The molecule has 7 nitrogen and oxygen atoms in total. The zero-order chi connectivity index (χ0) is 22.9. The van der Waals surface area contributed by atoms with E-state index in [0.717, 1.165) is 5.56 Å². The maximum Gasteiger partial charge on any atom is 0.419 e. The van der Waals surface area contributed by atoms with E-state index in [9.17, 15) is 22.0 Å². The standard InChI is InChI=1S/C22H18F2N2O5S/c1-26-18-9-8-17(13-20(18)31-22(26)27)32(28,29)25-16-7-10-19(30-21(23)24)15(12-16)11-14-5-3-2-4-6-14/h2-10,12-13,21,25H,11H2,1H3. The average molecular weight is 460 g/mol. The van der Waals surface area contributed by atoms with Crippen LogP contribution in [0.2, 0.25) is 0 Å². The second-order valence-corrected chi connectivity index (χ2v) is 8.71. The first kappa shape index (κ1) is 21.6. The molecule has 0 aliphatic rings. The fourth-order valence-electron chi connectivity index (χ4n) is 3.30. The number of fused-ring (bicyclic) bond motifs is 1. The van der Waals surface area contributed by atoms with Crippen LogP contribution in [0.25, 0.3) is 11.1 Å². The Kier molecular flexibility index (Phi) is 5.70. The van der Waals surface area contributed by atoms with Gasteiger partial charge in [-0.2, -0.15) is 8.78 Å². The summed E-state index contributed by atoms with van der Waals surface area (Å²) in [5, 5.41) is 0. The molecule has 0 fully saturated rings. The minimum absolute atomic E-state index is 0.0423. The molecule has 1 heterocycles. The van der Waals surface area contributed by atoms with E-state index in [1.165, 1.54) is 48.0 Å². The van der Waals surface area contributed by atoms with Crippen LogP contribution in [0, 0.1) is 0 Å². The van der Waals surface area contributed by atoms with Crippen molar-refractivity contribution in [2.75, 3.05) is 4.72 Å². The van der Waals surface area contributed by atoms with Gasteiger partial charge < -0.3 is 9.15 Å². The predicted octanol–water partition coefficient (Wildman–Crippen LogP) is 4.12. The van der Waals surface area contributed by atoms with Gasteiger partial charge in [0.25, 0.3) is 10.0 Å². The summed E-state index contributed by atoms with van der Waals surface area (Å²) in [4.78, 5) is 11.5. The van der Waals surface area contributed by atoms with Gasteiger partial charge in [-0.05, 0) is 35.9 Å². The molecule has 0 saturated carbocycles. The van der Waals surface area contributed by atoms with Gasteiger partial charge in [-0.3, -0.25) is 9.29 Å². The number of anilines is 1. The molecule has 1 N–H and O–H groups in total. The second kappa shape index (κ2) is 8.46. The molecule has 0 bridgehead atoms. The molecule has 0 amide bonds. The number of nitrogens with zero attached hydrogens (tertiary/aromatic N) is 1. The van der Waals surface area contributed by atoms with Gasteiger partial charge in [0.1, 0.15) is 5.75 Å². The number of hydrogen-bond acceptors (Lipinski definition) is 5. The number of benzene rings is 3. The number of oxazole rings is 1. The van der Waals surface area contributed by atoms with Crippen molar-refractivity contribution in [3.05, 3.63) is 88.4 Å². The molecule has 0 atom stereocenters. The lowest BCUT2D eigenvalue weighted by Crippen LogP contribution is -2.13. The summed E-state index contributed by atoms with van der Waals surface area (Å²) in [7, 11) is -2.53.